The van der Waals surface area contributed by atoms with Gasteiger partial charge < -0.3 is 14.8 Å². The van der Waals surface area contributed by atoms with Crippen molar-refractivity contribution in [2.45, 2.75) is 96.1 Å². The monoisotopic (exact) mass is 478 g/mol. The van der Waals surface area contributed by atoms with Crippen molar-refractivity contribution in [1.29, 1.82) is 0 Å². The molecule has 1 unspecified atom stereocenters. The molecular formula is C30H42N2O3. The van der Waals surface area contributed by atoms with E-state index in [0.29, 0.717) is 0 Å². The highest BCUT2D eigenvalue weighted by atomic mass is 16.8. The maximum absolute atomic E-state index is 11.4. The molecule has 1 spiro atoms. The minimum atomic E-state index is -0.919. The Hall–Kier alpha value is -2.34. The summed E-state index contributed by atoms with van der Waals surface area (Å²) in [6, 6.07) is 13.8. The van der Waals surface area contributed by atoms with Crippen molar-refractivity contribution >= 4 is 17.5 Å². The van der Waals surface area contributed by atoms with E-state index in [9.17, 15) is 10.4 Å². The van der Waals surface area contributed by atoms with Crippen LogP contribution in [-0.4, -0.2) is 17.5 Å². The summed E-state index contributed by atoms with van der Waals surface area (Å²) in [6.07, 6.45) is 17.4. The Morgan fingerprint density at radius 3 is 2.26 bits per heavy atom. The number of unbranched alkanes of at least 4 members (excludes halogenated alkanes) is 9. The normalized spacial score (nSPS) is 20.5. The lowest BCUT2D eigenvalue weighted by Crippen LogP contribution is -2.99. The molecule has 0 aliphatic carbocycles. The Balaban J connectivity index is 1.45. The van der Waals surface area contributed by atoms with Crippen LogP contribution in [0.3, 0.4) is 0 Å². The molecule has 2 N–H and O–H groups in total. The van der Waals surface area contributed by atoms with Crippen LogP contribution < -0.4 is 14.9 Å². The van der Waals surface area contributed by atoms with Gasteiger partial charge in [-0.1, -0.05) is 82.9 Å². The van der Waals surface area contributed by atoms with E-state index in [2.05, 4.69) is 56.0 Å². The predicted molar refractivity (Wildman–Crippen MR) is 143 cm³/mol. The summed E-state index contributed by atoms with van der Waals surface area (Å²) in [4.78, 5) is 2.44. The van der Waals surface area contributed by atoms with Gasteiger partial charge in [0, 0.05) is 29.9 Å². The molecule has 0 amide bonds. The molecule has 2 aliphatic rings. The molecule has 0 saturated heterocycles. The van der Waals surface area contributed by atoms with E-state index in [-0.39, 0.29) is 11.1 Å². The molecule has 2 aromatic rings. The number of ether oxygens (including phenoxy) is 1. The molecule has 5 nitrogen and oxygen atoms in total. The second-order valence-electron chi connectivity index (χ2n) is 10.7. The van der Waals surface area contributed by atoms with E-state index in [1.54, 1.807) is 12.1 Å². The van der Waals surface area contributed by atoms with Crippen LogP contribution in [0.25, 0.3) is 6.08 Å². The Bertz CT molecular complexity index is 1020. The molecule has 0 saturated carbocycles. The van der Waals surface area contributed by atoms with Crippen LogP contribution >= 0.6 is 0 Å². The third kappa shape index (κ3) is 5.13. The fraction of sp³-hybridized carbons (Fsp3) is 0.533. The Kier molecular flexibility index (Phi) is 8.20. The number of hydrogen-bond donors (Lipinski definition) is 2. The summed E-state index contributed by atoms with van der Waals surface area (Å²) >= 11 is 0. The number of rotatable bonds is 12. The largest absolute Gasteiger partial charge is 0.595 e. The number of benzene rings is 2. The van der Waals surface area contributed by atoms with Crippen molar-refractivity contribution in [2.75, 3.05) is 11.4 Å². The smallest absolute Gasteiger partial charge is 0.212 e. The van der Waals surface area contributed by atoms with Gasteiger partial charge >= 0.3 is 0 Å². The zero-order chi connectivity index (χ0) is 24.9. The lowest BCUT2D eigenvalue weighted by molar-refractivity contribution is -0.991. The highest BCUT2D eigenvalue weighted by molar-refractivity contribution is 5.73. The SMILES string of the molecule is CCCCCCCCCCCCN1c2ccccc2C(C)(C)[C@@]12C=Cc1cc([NH+]([O-])O)ccc1O2. The Morgan fingerprint density at radius 2 is 1.57 bits per heavy atom. The summed E-state index contributed by atoms with van der Waals surface area (Å²) in [5.41, 5.74) is 2.74. The third-order valence-electron chi connectivity index (χ3n) is 7.91. The van der Waals surface area contributed by atoms with Crippen molar-refractivity contribution in [3.8, 4) is 5.75 Å². The first kappa shape index (κ1) is 25.7. The number of fused-ring (bicyclic) bond motifs is 2. The molecule has 35 heavy (non-hydrogen) atoms. The lowest BCUT2D eigenvalue weighted by atomic mass is 9.76. The summed E-state index contributed by atoms with van der Waals surface area (Å²) in [5.74, 6) is 0.742. The maximum Gasteiger partial charge on any atom is 0.212 e. The predicted octanol–water partition coefficient (Wildman–Crippen LogP) is 6.91. The van der Waals surface area contributed by atoms with E-state index in [1.807, 2.05) is 12.1 Å². The first-order valence-corrected chi connectivity index (χ1v) is 13.5. The average Bonchev–Trinajstić information content (AvgIpc) is 3.03. The van der Waals surface area contributed by atoms with Gasteiger partial charge in [-0.3, -0.25) is 0 Å². The molecule has 2 atom stereocenters. The summed E-state index contributed by atoms with van der Waals surface area (Å²) in [5, 5.41) is 19.9. The number of quaternary nitrogens is 1. The fourth-order valence-electron chi connectivity index (χ4n) is 5.78. The number of para-hydroxylation sites is 1. The number of hydrogen-bond acceptors (Lipinski definition) is 4. The third-order valence-corrected chi connectivity index (χ3v) is 7.91. The van der Waals surface area contributed by atoms with E-state index in [4.69, 9.17) is 4.74 Å². The van der Waals surface area contributed by atoms with Gasteiger partial charge in [0.05, 0.1) is 5.41 Å². The summed E-state index contributed by atoms with van der Waals surface area (Å²) in [7, 11) is 0. The minimum absolute atomic E-state index is 0.262. The zero-order valence-corrected chi connectivity index (χ0v) is 21.7. The van der Waals surface area contributed by atoms with Gasteiger partial charge in [0.25, 0.3) is 0 Å². The Morgan fingerprint density at radius 1 is 0.914 bits per heavy atom. The van der Waals surface area contributed by atoms with Crippen molar-refractivity contribution in [2.24, 2.45) is 0 Å². The maximum atomic E-state index is 11.4. The second-order valence-corrected chi connectivity index (χ2v) is 10.7. The van der Waals surface area contributed by atoms with Crippen LogP contribution in [0.5, 0.6) is 5.75 Å². The van der Waals surface area contributed by atoms with E-state index in [1.165, 1.54) is 69.0 Å². The molecule has 2 aromatic carbocycles. The zero-order valence-electron chi connectivity index (χ0n) is 21.7. The lowest BCUT2D eigenvalue weighted by Gasteiger charge is -2.47. The van der Waals surface area contributed by atoms with Crippen LogP contribution in [0.2, 0.25) is 0 Å². The second kappa shape index (κ2) is 11.2. The molecule has 2 heterocycles. The van der Waals surface area contributed by atoms with E-state index in [0.717, 1.165) is 24.3 Å². The molecular weight excluding hydrogens is 436 g/mol. The van der Waals surface area contributed by atoms with E-state index < -0.39 is 11.0 Å². The average molecular weight is 479 g/mol. The molecule has 190 valence electrons. The van der Waals surface area contributed by atoms with Crippen LogP contribution in [-0.2, 0) is 5.41 Å². The van der Waals surface area contributed by atoms with Gasteiger partial charge in [0.2, 0.25) is 5.72 Å². The highest BCUT2D eigenvalue weighted by Gasteiger charge is 2.58. The summed E-state index contributed by atoms with van der Waals surface area (Å²) in [6.45, 7) is 7.71. The van der Waals surface area contributed by atoms with E-state index >= 15 is 0 Å². The summed E-state index contributed by atoms with van der Waals surface area (Å²) < 4.78 is 6.81. The number of nitrogens with zero attached hydrogens (tertiary/aromatic N) is 1. The van der Waals surface area contributed by atoms with Crippen molar-refractivity contribution in [3.05, 3.63) is 64.9 Å². The minimum Gasteiger partial charge on any atom is -0.595 e. The standard InChI is InChI=1S/C30H42N2O3/c1-4-5-6-7-8-9-10-11-12-15-22-31-27-17-14-13-16-26(27)29(2,3)30(31)21-20-24-23-25(32(33)34)18-19-28(24)35-30/h13-14,16-21,23,32-33H,4-12,15,22H2,1-3H3/t30-/m0/s1. The molecule has 5 heteroatoms. The topological polar surface area (TPSA) is 60.2 Å². The van der Waals surface area contributed by atoms with Gasteiger partial charge in [-0.25, -0.2) is 5.21 Å². The van der Waals surface area contributed by atoms with Crippen LogP contribution in [0.4, 0.5) is 11.4 Å². The molecule has 0 radical (unpaired) electrons. The van der Waals surface area contributed by atoms with Crippen LogP contribution in [0, 0.1) is 5.21 Å². The van der Waals surface area contributed by atoms with Gasteiger partial charge in [-0.2, -0.15) is 5.23 Å². The molecule has 0 aromatic heterocycles. The molecule has 0 bridgehead atoms. The van der Waals surface area contributed by atoms with Crippen molar-refractivity contribution in [3.63, 3.8) is 0 Å². The van der Waals surface area contributed by atoms with Crippen LogP contribution in [0.15, 0.2) is 48.5 Å². The quantitative estimate of drug-likeness (QED) is 0.257. The van der Waals surface area contributed by atoms with Gasteiger partial charge in [0.1, 0.15) is 5.75 Å². The number of nitrogens with one attached hydrogen (secondary N) is 1. The van der Waals surface area contributed by atoms with Gasteiger partial charge in [-0.15, -0.1) is 0 Å². The van der Waals surface area contributed by atoms with Gasteiger partial charge in [0.15, 0.2) is 5.69 Å². The fourth-order valence-corrected chi connectivity index (χ4v) is 5.78. The van der Waals surface area contributed by atoms with Crippen molar-refractivity contribution < 1.29 is 15.2 Å². The number of anilines is 1. The first-order chi connectivity index (χ1) is 16.9. The molecule has 0 fully saturated rings. The first-order valence-electron chi connectivity index (χ1n) is 13.5. The van der Waals surface area contributed by atoms with Crippen LogP contribution in [0.1, 0.15) is 96.1 Å². The molecule has 2 aliphatic heterocycles. The Labute approximate surface area is 210 Å². The molecule has 4 rings (SSSR count). The van der Waals surface area contributed by atoms with Crippen molar-refractivity contribution in [1.82, 2.24) is 0 Å². The van der Waals surface area contributed by atoms with Gasteiger partial charge in [-0.05, 0) is 50.1 Å². The highest BCUT2D eigenvalue weighted by Crippen LogP contribution is 2.55.